The van der Waals surface area contributed by atoms with Gasteiger partial charge < -0.3 is 10.2 Å². The number of benzene rings is 2. The molecule has 1 aliphatic heterocycles. The molecule has 0 spiro atoms. The minimum Gasteiger partial charge on any atom is -0.324 e. The quantitative estimate of drug-likeness (QED) is 0.791. The zero-order chi connectivity index (χ0) is 16.4. The van der Waals surface area contributed by atoms with Crippen molar-refractivity contribution < 1.29 is 0 Å². The Hall–Kier alpha value is -2.95. The molecule has 120 valence electrons. The molecule has 0 saturated carbocycles. The summed E-state index contributed by atoms with van der Waals surface area (Å²) in [5, 5.41) is 11.5. The van der Waals surface area contributed by atoms with Gasteiger partial charge in [0.25, 0.3) is 0 Å². The van der Waals surface area contributed by atoms with Gasteiger partial charge in [-0.15, -0.1) is 5.10 Å². The van der Waals surface area contributed by atoms with Crippen LogP contribution in [0.1, 0.15) is 18.1 Å². The first-order chi connectivity index (χ1) is 11.8. The number of rotatable bonds is 4. The highest BCUT2D eigenvalue weighted by atomic mass is 15.3. The average molecular weight is 317 g/mol. The smallest absolute Gasteiger partial charge is 0.249 e. The Balaban J connectivity index is 1.58. The third kappa shape index (κ3) is 2.80. The maximum Gasteiger partial charge on any atom is 0.249 e. The number of fused-ring (bicyclic) bond motifs is 1. The van der Waals surface area contributed by atoms with Crippen LogP contribution in [-0.4, -0.2) is 21.7 Å². The molecule has 0 aliphatic carbocycles. The highest BCUT2D eigenvalue weighted by Gasteiger charge is 2.21. The van der Waals surface area contributed by atoms with Crippen LogP contribution in [0.4, 0.5) is 23.1 Å². The Morgan fingerprint density at radius 1 is 1.08 bits per heavy atom. The van der Waals surface area contributed by atoms with Gasteiger partial charge in [0.2, 0.25) is 5.95 Å². The van der Waals surface area contributed by atoms with E-state index < -0.39 is 0 Å². The van der Waals surface area contributed by atoms with Crippen LogP contribution in [0.15, 0.2) is 54.7 Å². The molecule has 0 unspecified atom stereocenters. The lowest BCUT2D eigenvalue weighted by atomic mass is 10.1. The van der Waals surface area contributed by atoms with E-state index in [0.29, 0.717) is 5.95 Å². The molecule has 5 heteroatoms. The van der Waals surface area contributed by atoms with Crippen LogP contribution in [-0.2, 0) is 12.8 Å². The van der Waals surface area contributed by atoms with E-state index in [2.05, 4.69) is 68.7 Å². The van der Waals surface area contributed by atoms with E-state index in [-0.39, 0.29) is 0 Å². The lowest BCUT2D eigenvalue weighted by Gasteiger charge is -2.18. The summed E-state index contributed by atoms with van der Waals surface area (Å²) in [5.74, 6) is 1.34. The van der Waals surface area contributed by atoms with Gasteiger partial charge in [0, 0.05) is 17.9 Å². The standard InChI is InChI=1S/C19H19N5/c1-2-14-7-9-16(10-8-14)21-19-22-18(13-20-23-19)24-12-11-15-5-3-4-6-17(15)24/h3-10,13H,2,11-12H2,1H3,(H,21,22,23). The molecular weight excluding hydrogens is 298 g/mol. The zero-order valence-corrected chi connectivity index (χ0v) is 13.6. The highest BCUT2D eigenvalue weighted by Crippen LogP contribution is 2.33. The van der Waals surface area contributed by atoms with E-state index in [1.54, 1.807) is 6.20 Å². The molecule has 0 saturated heterocycles. The second kappa shape index (κ2) is 6.28. The normalized spacial score (nSPS) is 13.0. The third-order valence-electron chi connectivity index (χ3n) is 4.33. The lowest BCUT2D eigenvalue weighted by molar-refractivity contribution is 0.920. The van der Waals surface area contributed by atoms with Gasteiger partial charge in [-0.2, -0.15) is 10.1 Å². The number of para-hydroxylation sites is 1. The molecule has 3 aromatic rings. The Morgan fingerprint density at radius 2 is 1.92 bits per heavy atom. The highest BCUT2D eigenvalue weighted by molar-refractivity contribution is 5.67. The van der Waals surface area contributed by atoms with E-state index in [9.17, 15) is 0 Å². The van der Waals surface area contributed by atoms with Crippen LogP contribution in [0.5, 0.6) is 0 Å². The Kier molecular flexibility index (Phi) is 3.83. The first-order valence-corrected chi connectivity index (χ1v) is 8.24. The van der Waals surface area contributed by atoms with E-state index in [0.717, 1.165) is 30.9 Å². The van der Waals surface area contributed by atoms with E-state index in [1.807, 2.05) is 12.1 Å². The van der Waals surface area contributed by atoms with Crippen molar-refractivity contribution in [2.75, 3.05) is 16.8 Å². The van der Waals surface area contributed by atoms with E-state index in [4.69, 9.17) is 0 Å². The fourth-order valence-electron chi connectivity index (χ4n) is 3.01. The number of nitrogens with one attached hydrogen (secondary N) is 1. The number of hydrogen-bond donors (Lipinski definition) is 1. The molecule has 5 nitrogen and oxygen atoms in total. The summed E-state index contributed by atoms with van der Waals surface area (Å²) in [7, 11) is 0. The summed E-state index contributed by atoms with van der Waals surface area (Å²) < 4.78 is 0. The van der Waals surface area contributed by atoms with E-state index in [1.165, 1.54) is 16.8 Å². The number of nitrogens with zero attached hydrogens (tertiary/aromatic N) is 4. The van der Waals surface area contributed by atoms with Crippen molar-refractivity contribution in [3.05, 3.63) is 65.9 Å². The van der Waals surface area contributed by atoms with Gasteiger partial charge in [0.15, 0.2) is 5.82 Å². The van der Waals surface area contributed by atoms with Crippen LogP contribution in [0.3, 0.4) is 0 Å². The van der Waals surface area contributed by atoms with Crippen molar-refractivity contribution in [1.29, 1.82) is 0 Å². The second-order valence-corrected chi connectivity index (χ2v) is 5.84. The molecule has 2 aromatic carbocycles. The molecule has 0 amide bonds. The van der Waals surface area contributed by atoms with Crippen LogP contribution >= 0.6 is 0 Å². The molecular formula is C19H19N5. The number of hydrogen-bond acceptors (Lipinski definition) is 5. The molecule has 0 fully saturated rings. The molecule has 0 atom stereocenters. The predicted molar refractivity (Wildman–Crippen MR) is 96.1 cm³/mol. The van der Waals surface area contributed by atoms with Gasteiger partial charge in [-0.25, -0.2) is 0 Å². The third-order valence-corrected chi connectivity index (χ3v) is 4.33. The van der Waals surface area contributed by atoms with Crippen molar-refractivity contribution >= 4 is 23.1 Å². The van der Waals surface area contributed by atoms with Crippen molar-refractivity contribution in [2.24, 2.45) is 0 Å². The average Bonchev–Trinajstić information content (AvgIpc) is 3.07. The second-order valence-electron chi connectivity index (χ2n) is 5.84. The van der Waals surface area contributed by atoms with Crippen LogP contribution in [0.25, 0.3) is 0 Å². The fourth-order valence-corrected chi connectivity index (χ4v) is 3.01. The molecule has 24 heavy (non-hydrogen) atoms. The van der Waals surface area contributed by atoms with Gasteiger partial charge in [0.1, 0.15) is 0 Å². The molecule has 1 N–H and O–H groups in total. The molecule has 1 aromatic heterocycles. The lowest BCUT2D eigenvalue weighted by Crippen LogP contribution is -2.16. The fraction of sp³-hybridized carbons (Fsp3) is 0.211. The summed E-state index contributed by atoms with van der Waals surface area (Å²) in [6.45, 7) is 3.06. The molecule has 0 bridgehead atoms. The van der Waals surface area contributed by atoms with Crippen LogP contribution in [0.2, 0.25) is 0 Å². The summed E-state index contributed by atoms with van der Waals surface area (Å²) in [6.07, 6.45) is 3.77. The summed E-state index contributed by atoms with van der Waals surface area (Å²) in [6, 6.07) is 16.7. The van der Waals surface area contributed by atoms with Crippen molar-refractivity contribution in [1.82, 2.24) is 15.2 Å². The minimum absolute atomic E-state index is 0.515. The van der Waals surface area contributed by atoms with Crippen molar-refractivity contribution in [3.8, 4) is 0 Å². The Morgan fingerprint density at radius 3 is 2.75 bits per heavy atom. The number of aryl methyl sites for hydroxylation is 1. The van der Waals surface area contributed by atoms with Gasteiger partial charge in [-0.05, 0) is 42.2 Å². The van der Waals surface area contributed by atoms with Crippen LogP contribution < -0.4 is 10.2 Å². The summed E-state index contributed by atoms with van der Waals surface area (Å²) >= 11 is 0. The molecule has 0 radical (unpaired) electrons. The predicted octanol–water partition coefficient (Wildman–Crippen LogP) is 3.87. The topological polar surface area (TPSA) is 53.9 Å². The first-order valence-electron chi connectivity index (χ1n) is 8.24. The van der Waals surface area contributed by atoms with Crippen LogP contribution in [0, 0.1) is 0 Å². The number of anilines is 4. The SMILES string of the molecule is CCc1ccc(Nc2nncc(N3CCc4ccccc43)n2)cc1. The Labute approximate surface area is 141 Å². The van der Waals surface area contributed by atoms with E-state index >= 15 is 0 Å². The first kappa shape index (κ1) is 14.6. The monoisotopic (exact) mass is 317 g/mol. The molecule has 1 aliphatic rings. The largest absolute Gasteiger partial charge is 0.324 e. The maximum absolute atomic E-state index is 4.63. The maximum atomic E-state index is 4.63. The van der Waals surface area contributed by atoms with Gasteiger partial charge in [0.05, 0.1) is 6.20 Å². The zero-order valence-electron chi connectivity index (χ0n) is 13.6. The van der Waals surface area contributed by atoms with Gasteiger partial charge in [-0.3, -0.25) is 0 Å². The molecule has 4 rings (SSSR count). The van der Waals surface area contributed by atoms with Crippen molar-refractivity contribution in [3.63, 3.8) is 0 Å². The summed E-state index contributed by atoms with van der Waals surface area (Å²) in [5.41, 5.74) is 4.83. The van der Waals surface area contributed by atoms with Gasteiger partial charge in [-0.1, -0.05) is 37.3 Å². The number of aromatic nitrogens is 3. The Bertz CT molecular complexity index is 844. The van der Waals surface area contributed by atoms with Gasteiger partial charge >= 0.3 is 0 Å². The summed E-state index contributed by atoms with van der Waals surface area (Å²) in [4.78, 5) is 6.82. The minimum atomic E-state index is 0.515. The molecule has 2 heterocycles. The van der Waals surface area contributed by atoms with Crippen molar-refractivity contribution in [2.45, 2.75) is 19.8 Å².